The summed E-state index contributed by atoms with van der Waals surface area (Å²) in [5.74, 6) is 0.00678. The van der Waals surface area contributed by atoms with E-state index in [1.54, 1.807) is 12.1 Å². The van der Waals surface area contributed by atoms with Gasteiger partial charge in [-0.3, -0.25) is 0 Å². The first-order chi connectivity index (χ1) is 6.07. The molecule has 0 spiro atoms. The molecule has 0 heterocycles. The molecule has 13 heavy (non-hydrogen) atoms. The molecule has 1 aromatic carbocycles. The lowest BCUT2D eigenvalue weighted by Gasteiger charge is -2.14. The highest BCUT2D eigenvalue weighted by atomic mass is 79.9. The Morgan fingerprint density at radius 3 is 2.62 bits per heavy atom. The van der Waals surface area contributed by atoms with Gasteiger partial charge in [0.25, 0.3) is 0 Å². The number of hydrogen-bond acceptors (Lipinski definition) is 4. The van der Waals surface area contributed by atoms with E-state index in [0.717, 1.165) is 4.47 Å². The summed E-state index contributed by atoms with van der Waals surface area (Å²) in [4.78, 5) is 0. The van der Waals surface area contributed by atoms with Crippen LogP contribution in [0.25, 0.3) is 0 Å². The lowest BCUT2D eigenvalue weighted by atomic mass is 10.1. The second-order valence-corrected chi connectivity index (χ2v) is 3.60. The molecular weight excluding hydrogens is 234 g/mol. The van der Waals surface area contributed by atoms with Gasteiger partial charge < -0.3 is 22.3 Å². The average Bonchev–Trinajstić information content (AvgIpc) is 2.12. The molecule has 0 radical (unpaired) electrons. The Kier molecular flexibility index (Phi) is 3.13. The number of benzene rings is 1. The van der Waals surface area contributed by atoms with Crippen molar-refractivity contribution in [2.45, 2.75) is 6.04 Å². The van der Waals surface area contributed by atoms with Crippen LogP contribution in [0.3, 0.4) is 0 Å². The normalized spacial score (nSPS) is 12.8. The molecule has 1 atom stereocenters. The highest BCUT2D eigenvalue weighted by molar-refractivity contribution is 9.10. The van der Waals surface area contributed by atoms with Crippen LogP contribution in [0.4, 0.5) is 5.69 Å². The third kappa shape index (κ3) is 1.93. The van der Waals surface area contributed by atoms with E-state index in [-0.39, 0.29) is 12.3 Å². The summed E-state index contributed by atoms with van der Waals surface area (Å²) in [6.45, 7) is 0.260. The maximum Gasteiger partial charge on any atom is 0.144 e. The Bertz CT molecular complexity index is 317. The molecule has 4 nitrogen and oxygen atoms in total. The number of nitrogen functional groups attached to an aromatic ring is 1. The summed E-state index contributed by atoms with van der Waals surface area (Å²) in [5.41, 5.74) is 17.5. The van der Waals surface area contributed by atoms with Crippen molar-refractivity contribution in [3.05, 3.63) is 22.2 Å². The highest BCUT2D eigenvalue weighted by Crippen LogP contribution is 2.34. The van der Waals surface area contributed by atoms with E-state index in [1.807, 2.05) is 0 Å². The Morgan fingerprint density at radius 2 is 2.08 bits per heavy atom. The predicted octanol–water partition coefficient (Wildman–Crippen LogP) is 0.695. The standard InChI is InChI=1S/C8H12BrN3O/c9-4-1-2-5(11)8(13)7(4)6(12)3-10/h1-2,6,13H,3,10-12H2/t6-/m0/s1. The van der Waals surface area contributed by atoms with E-state index in [2.05, 4.69) is 15.9 Å². The topological polar surface area (TPSA) is 98.3 Å². The Hall–Kier alpha value is -0.780. The van der Waals surface area contributed by atoms with Crippen LogP contribution in [-0.2, 0) is 0 Å². The van der Waals surface area contributed by atoms with Gasteiger partial charge in [-0.1, -0.05) is 15.9 Å². The smallest absolute Gasteiger partial charge is 0.144 e. The van der Waals surface area contributed by atoms with E-state index in [4.69, 9.17) is 17.2 Å². The molecule has 1 rings (SSSR count). The minimum atomic E-state index is -0.405. The molecule has 0 aliphatic carbocycles. The number of nitrogens with two attached hydrogens (primary N) is 3. The summed E-state index contributed by atoms with van der Waals surface area (Å²) in [6.07, 6.45) is 0. The number of hydrogen-bond donors (Lipinski definition) is 4. The van der Waals surface area contributed by atoms with Crippen molar-refractivity contribution in [3.8, 4) is 5.75 Å². The number of halogens is 1. The van der Waals surface area contributed by atoms with Crippen LogP contribution in [0.2, 0.25) is 0 Å². The molecule has 0 amide bonds. The predicted molar refractivity (Wildman–Crippen MR) is 56.2 cm³/mol. The van der Waals surface area contributed by atoms with Crippen molar-refractivity contribution < 1.29 is 5.11 Å². The fourth-order valence-corrected chi connectivity index (χ4v) is 1.68. The van der Waals surface area contributed by atoms with Crippen LogP contribution in [0, 0.1) is 0 Å². The van der Waals surface area contributed by atoms with Crippen LogP contribution in [-0.4, -0.2) is 11.7 Å². The van der Waals surface area contributed by atoms with Gasteiger partial charge in [0.2, 0.25) is 0 Å². The number of phenolic OH excluding ortho intramolecular Hbond substituents is 1. The summed E-state index contributed by atoms with van der Waals surface area (Å²) in [5, 5.41) is 9.59. The summed E-state index contributed by atoms with van der Waals surface area (Å²) >= 11 is 3.27. The quantitative estimate of drug-likeness (QED) is 0.456. The molecular formula is C8H12BrN3O. The zero-order valence-electron chi connectivity index (χ0n) is 7.00. The van der Waals surface area contributed by atoms with Gasteiger partial charge in [0.15, 0.2) is 0 Å². The number of phenols is 1. The van der Waals surface area contributed by atoms with Crippen molar-refractivity contribution in [1.82, 2.24) is 0 Å². The third-order valence-electron chi connectivity index (χ3n) is 1.82. The number of anilines is 1. The van der Waals surface area contributed by atoms with Crippen LogP contribution in [0.1, 0.15) is 11.6 Å². The fraction of sp³-hybridized carbons (Fsp3) is 0.250. The minimum Gasteiger partial charge on any atom is -0.505 e. The van der Waals surface area contributed by atoms with E-state index in [0.29, 0.717) is 11.3 Å². The lowest BCUT2D eigenvalue weighted by Crippen LogP contribution is -2.21. The minimum absolute atomic E-state index is 0.00678. The van der Waals surface area contributed by atoms with Crippen LogP contribution in [0.5, 0.6) is 5.75 Å². The molecule has 0 fully saturated rings. The zero-order valence-corrected chi connectivity index (χ0v) is 8.58. The molecule has 0 saturated carbocycles. The molecule has 0 aliphatic rings. The van der Waals surface area contributed by atoms with Crippen molar-refractivity contribution in [3.63, 3.8) is 0 Å². The molecule has 5 heteroatoms. The van der Waals surface area contributed by atoms with Crippen LogP contribution in [0.15, 0.2) is 16.6 Å². The average molecular weight is 246 g/mol. The van der Waals surface area contributed by atoms with E-state index in [1.165, 1.54) is 0 Å². The molecule has 1 aromatic rings. The van der Waals surface area contributed by atoms with Gasteiger partial charge >= 0.3 is 0 Å². The van der Waals surface area contributed by atoms with Crippen molar-refractivity contribution >= 4 is 21.6 Å². The molecule has 0 aliphatic heterocycles. The first kappa shape index (κ1) is 10.3. The largest absolute Gasteiger partial charge is 0.505 e. The molecule has 0 saturated heterocycles. The van der Waals surface area contributed by atoms with Crippen LogP contribution >= 0.6 is 15.9 Å². The van der Waals surface area contributed by atoms with Gasteiger partial charge in [-0.2, -0.15) is 0 Å². The van der Waals surface area contributed by atoms with Crippen LogP contribution < -0.4 is 17.2 Å². The summed E-state index contributed by atoms with van der Waals surface area (Å²) < 4.78 is 0.720. The van der Waals surface area contributed by atoms with Gasteiger partial charge in [-0.25, -0.2) is 0 Å². The number of rotatable bonds is 2. The number of aromatic hydroxyl groups is 1. The fourth-order valence-electron chi connectivity index (χ4n) is 1.07. The molecule has 0 unspecified atom stereocenters. The first-order valence-corrected chi connectivity index (χ1v) is 4.59. The second-order valence-electron chi connectivity index (χ2n) is 2.74. The van der Waals surface area contributed by atoms with Crippen molar-refractivity contribution in [1.29, 1.82) is 0 Å². The molecule has 72 valence electrons. The van der Waals surface area contributed by atoms with Gasteiger partial charge in [-0.05, 0) is 12.1 Å². The molecule has 0 bridgehead atoms. The van der Waals surface area contributed by atoms with E-state index in [9.17, 15) is 5.11 Å². The second kappa shape index (κ2) is 3.95. The summed E-state index contributed by atoms with van der Waals surface area (Å²) in [6, 6.07) is 2.93. The maximum absolute atomic E-state index is 9.59. The summed E-state index contributed by atoms with van der Waals surface area (Å²) in [7, 11) is 0. The van der Waals surface area contributed by atoms with Crippen molar-refractivity contribution in [2.24, 2.45) is 11.5 Å². The Labute approximate surface area is 84.8 Å². The van der Waals surface area contributed by atoms with Gasteiger partial charge in [-0.15, -0.1) is 0 Å². The SMILES string of the molecule is NC[C@H](N)c1c(Br)ccc(N)c1O. The maximum atomic E-state index is 9.59. The molecule has 0 aromatic heterocycles. The third-order valence-corrected chi connectivity index (χ3v) is 2.51. The monoisotopic (exact) mass is 245 g/mol. The Morgan fingerprint density at radius 1 is 1.46 bits per heavy atom. The van der Waals surface area contributed by atoms with Gasteiger partial charge in [0.1, 0.15) is 5.75 Å². The van der Waals surface area contributed by atoms with Gasteiger partial charge in [0.05, 0.1) is 5.69 Å². The Balaban J connectivity index is 3.25. The lowest BCUT2D eigenvalue weighted by molar-refractivity contribution is 0.464. The zero-order chi connectivity index (χ0) is 10.0. The highest BCUT2D eigenvalue weighted by Gasteiger charge is 2.15. The first-order valence-electron chi connectivity index (χ1n) is 3.80. The van der Waals surface area contributed by atoms with Gasteiger partial charge in [0, 0.05) is 22.6 Å². The van der Waals surface area contributed by atoms with Crippen molar-refractivity contribution in [2.75, 3.05) is 12.3 Å². The molecule has 7 N–H and O–H groups in total. The van der Waals surface area contributed by atoms with E-state index >= 15 is 0 Å². The van der Waals surface area contributed by atoms with E-state index < -0.39 is 6.04 Å².